The second-order valence-corrected chi connectivity index (χ2v) is 5.22. The van der Waals surface area contributed by atoms with E-state index in [9.17, 15) is 10.1 Å². The molecule has 0 amide bonds. The summed E-state index contributed by atoms with van der Waals surface area (Å²) in [4.78, 5) is 10.0. The molecule has 0 aliphatic rings. The fraction of sp³-hybridized carbons (Fsp3) is 0. The van der Waals surface area contributed by atoms with Crippen LogP contribution >= 0.6 is 46.4 Å². The Hall–Kier alpha value is -1.20. The van der Waals surface area contributed by atoms with E-state index < -0.39 is 4.92 Å². The molecule has 8 heteroatoms. The van der Waals surface area contributed by atoms with Crippen LogP contribution in [0.2, 0.25) is 20.1 Å². The second-order valence-electron chi connectivity index (χ2n) is 3.65. The molecule has 0 radical (unpaired) electrons. The third-order valence-electron chi connectivity index (χ3n) is 2.34. The van der Waals surface area contributed by atoms with Gasteiger partial charge >= 0.3 is 0 Å². The average molecular weight is 353 g/mol. The van der Waals surface area contributed by atoms with E-state index in [4.69, 9.17) is 51.1 Å². The zero-order valence-corrected chi connectivity index (χ0v) is 12.6. The number of rotatable bonds is 3. The molecule has 0 fully saturated rings. The molecule has 2 aromatic carbocycles. The third-order valence-corrected chi connectivity index (χ3v) is 3.87. The molecule has 20 heavy (non-hydrogen) atoms. The Kier molecular flexibility index (Phi) is 4.60. The highest BCUT2D eigenvalue weighted by Crippen LogP contribution is 2.44. The molecule has 0 unspecified atom stereocenters. The van der Waals surface area contributed by atoms with Crippen molar-refractivity contribution in [1.29, 1.82) is 0 Å². The van der Waals surface area contributed by atoms with E-state index >= 15 is 0 Å². The number of ether oxygens (including phenoxy) is 1. The molecule has 0 spiro atoms. The molecule has 0 saturated heterocycles. The lowest BCUT2D eigenvalue weighted by Crippen LogP contribution is -1.90. The minimum Gasteiger partial charge on any atom is -0.454 e. The molecule has 104 valence electrons. The van der Waals surface area contributed by atoms with E-state index in [2.05, 4.69) is 0 Å². The summed E-state index contributed by atoms with van der Waals surface area (Å²) in [6.45, 7) is 0. The molecule has 0 aromatic heterocycles. The first-order valence-electron chi connectivity index (χ1n) is 5.15. The van der Waals surface area contributed by atoms with Crippen LogP contribution < -0.4 is 4.74 Å². The summed E-state index contributed by atoms with van der Waals surface area (Å²) in [5.41, 5.74) is -0.0521. The van der Waals surface area contributed by atoms with E-state index in [1.165, 1.54) is 30.3 Å². The van der Waals surface area contributed by atoms with Gasteiger partial charge in [-0.3, -0.25) is 10.1 Å². The molecule has 0 aliphatic carbocycles. The van der Waals surface area contributed by atoms with Gasteiger partial charge in [-0.15, -0.1) is 0 Å². The molecule has 2 aromatic rings. The standard InChI is InChI=1S/C12H5Cl4NO3/c13-8-5-9(14)12(11(16)10(8)15)20-7-3-1-6(2-4-7)17(18)19/h1-5H. The van der Waals surface area contributed by atoms with Gasteiger partial charge in [0.1, 0.15) is 10.8 Å². The lowest BCUT2D eigenvalue weighted by atomic mass is 10.3. The number of non-ortho nitro benzene ring substituents is 1. The summed E-state index contributed by atoms with van der Waals surface area (Å²) in [6, 6.07) is 6.85. The van der Waals surface area contributed by atoms with Crippen molar-refractivity contribution in [3.8, 4) is 11.5 Å². The first-order chi connectivity index (χ1) is 9.40. The Bertz CT molecular complexity index is 673. The maximum atomic E-state index is 10.6. The van der Waals surface area contributed by atoms with Crippen molar-refractivity contribution < 1.29 is 9.66 Å². The fourth-order valence-electron chi connectivity index (χ4n) is 1.40. The van der Waals surface area contributed by atoms with Crippen LogP contribution in [0.3, 0.4) is 0 Å². The molecule has 0 aliphatic heterocycles. The smallest absolute Gasteiger partial charge is 0.269 e. The van der Waals surface area contributed by atoms with Crippen LogP contribution in [0.15, 0.2) is 30.3 Å². The van der Waals surface area contributed by atoms with Gasteiger partial charge in [-0.1, -0.05) is 46.4 Å². The fourth-order valence-corrected chi connectivity index (χ4v) is 2.38. The number of hydrogen-bond donors (Lipinski definition) is 0. The Morgan fingerprint density at radius 3 is 2.10 bits per heavy atom. The first kappa shape index (κ1) is 15.2. The van der Waals surface area contributed by atoms with Gasteiger partial charge in [-0.25, -0.2) is 0 Å². The number of nitro benzene ring substituents is 1. The molecule has 0 N–H and O–H groups in total. The molecule has 0 saturated carbocycles. The van der Waals surface area contributed by atoms with Gasteiger partial charge < -0.3 is 4.74 Å². The van der Waals surface area contributed by atoms with Gasteiger partial charge in [0.2, 0.25) is 0 Å². The van der Waals surface area contributed by atoms with Gasteiger partial charge in [-0.2, -0.15) is 0 Å². The number of nitro groups is 1. The molecule has 0 heterocycles. The quantitative estimate of drug-likeness (QED) is 0.294. The van der Waals surface area contributed by atoms with Crippen molar-refractivity contribution in [2.24, 2.45) is 0 Å². The van der Waals surface area contributed by atoms with Crippen LogP contribution in [0.5, 0.6) is 11.5 Å². The van der Waals surface area contributed by atoms with Gasteiger partial charge in [0.05, 0.1) is 20.0 Å². The first-order valence-corrected chi connectivity index (χ1v) is 6.66. The van der Waals surface area contributed by atoms with Crippen LogP contribution in [-0.4, -0.2) is 4.92 Å². The summed E-state index contributed by atoms with van der Waals surface area (Å²) in [7, 11) is 0. The zero-order chi connectivity index (χ0) is 14.9. The van der Waals surface area contributed by atoms with Crippen molar-refractivity contribution in [3.63, 3.8) is 0 Å². The van der Waals surface area contributed by atoms with E-state index in [-0.39, 0.29) is 31.5 Å². The molecular weight excluding hydrogens is 348 g/mol. The largest absolute Gasteiger partial charge is 0.454 e. The summed E-state index contributed by atoms with van der Waals surface area (Å²) >= 11 is 23.7. The van der Waals surface area contributed by atoms with Crippen LogP contribution in [0.4, 0.5) is 5.69 Å². The van der Waals surface area contributed by atoms with Gasteiger partial charge in [0.25, 0.3) is 5.69 Å². The number of nitrogens with zero attached hydrogens (tertiary/aromatic N) is 1. The lowest BCUT2D eigenvalue weighted by Gasteiger charge is -2.11. The van der Waals surface area contributed by atoms with Crippen molar-refractivity contribution in [2.45, 2.75) is 0 Å². The van der Waals surface area contributed by atoms with Crippen LogP contribution in [0.25, 0.3) is 0 Å². The molecule has 0 atom stereocenters. The highest BCUT2D eigenvalue weighted by Gasteiger charge is 2.16. The molecule has 0 bridgehead atoms. The Morgan fingerprint density at radius 2 is 1.55 bits per heavy atom. The Labute approximate surface area is 133 Å². The van der Waals surface area contributed by atoms with Gasteiger partial charge in [0, 0.05) is 12.1 Å². The summed E-state index contributed by atoms with van der Waals surface area (Å²) in [5, 5.41) is 11.1. The Balaban J connectivity index is 2.35. The zero-order valence-electron chi connectivity index (χ0n) is 9.57. The summed E-state index contributed by atoms with van der Waals surface area (Å²) < 4.78 is 5.48. The lowest BCUT2D eigenvalue weighted by molar-refractivity contribution is -0.384. The SMILES string of the molecule is O=[N+]([O-])c1ccc(Oc2c(Cl)cc(Cl)c(Cl)c2Cl)cc1. The van der Waals surface area contributed by atoms with E-state index in [1.807, 2.05) is 0 Å². The summed E-state index contributed by atoms with van der Waals surface area (Å²) in [5.74, 6) is 0.467. The predicted molar refractivity (Wildman–Crippen MR) is 79.7 cm³/mol. The van der Waals surface area contributed by atoms with Crippen molar-refractivity contribution in [2.75, 3.05) is 0 Å². The monoisotopic (exact) mass is 351 g/mol. The molecular formula is C12H5Cl4NO3. The number of halogens is 4. The minimum atomic E-state index is -0.511. The van der Waals surface area contributed by atoms with E-state index in [1.54, 1.807) is 0 Å². The number of hydrogen-bond acceptors (Lipinski definition) is 3. The number of benzene rings is 2. The third kappa shape index (κ3) is 3.10. The van der Waals surface area contributed by atoms with E-state index in [0.717, 1.165) is 0 Å². The highest BCUT2D eigenvalue weighted by atomic mass is 35.5. The average Bonchev–Trinajstić information content (AvgIpc) is 2.42. The highest BCUT2D eigenvalue weighted by molar-refractivity contribution is 6.50. The van der Waals surface area contributed by atoms with Crippen LogP contribution in [0, 0.1) is 10.1 Å². The van der Waals surface area contributed by atoms with Crippen LogP contribution in [-0.2, 0) is 0 Å². The van der Waals surface area contributed by atoms with Gasteiger partial charge in [-0.05, 0) is 18.2 Å². The van der Waals surface area contributed by atoms with Crippen LogP contribution in [0.1, 0.15) is 0 Å². The van der Waals surface area contributed by atoms with Crippen molar-refractivity contribution in [1.82, 2.24) is 0 Å². The normalized spacial score (nSPS) is 10.4. The van der Waals surface area contributed by atoms with Crippen molar-refractivity contribution >= 4 is 52.1 Å². The van der Waals surface area contributed by atoms with Gasteiger partial charge in [0.15, 0.2) is 5.75 Å². The second kappa shape index (κ2) is 6.06. The maximum absolute atomic E-state index is 10.6. The topological polar surface area (TPSA) is 52.4 Å². The Morgan fingerprint density at radius 1 is 0.950 bits per heavy atom. The molecule has 4 nitrogen and oxygen atoms in total. The molecule has 2 rings (SSSR count). The minimum absolute atomic E-state index is 0.0521. The predicted octanol–water partition coefficient (Wildman–Crippen LogP) is 6.00. The maximum Gasteiger partial charge on any atom is 0.269 e. The van der Waals surface area contributed by atoms with E-state index in [0.29, 0.717) is 5.75 Å². The summed E-state index contributed by atoms with van der Waals surface area (Å²) in [6.07, 6.45) is 0. The van der Waals surface area contributed by atoms with Crippen molar-refractivity contribution in [3.05, 3.63) is 60.5 Å².